The molecule has 0 aromatic rings. The average molecular weight is 226 g/mol. The molecule has 0 amide bonds. The molecule has 0 aliphatic heterocycles. The maximum absolute atomic E-state index is 9.30. The zero-order chi connectivity index (χ0) is 9.45. The van der Waals surface area contributed by atoms with Crippen LogP contribution >= 0.6 is 17.1 Å². The van der Waals surface area contributed by atoms with Gasteiger partial charge in [0.15, 0.2) is 0 Å². The molecule has 0 aliphatic rings. The minimum absolute atomic E-state index is 0.986. The molecule has 5 heteroatoms. The maximum atomic E-state index is 9.30. The third kappa shape index (κ3) is 7.17. The van der Waals surface area contributed by atoms with Gasteiger partial charge in [0.2, 0.25) is 0 Å². The summed E-state index contributed by atoms with van der Waals surface area (Å²) in [5, 5.41) is 0. The highest BCUT2D eigenvalue weighted by Gasteiger charge is 2.08. The second-order valence-electron chi connectivity index (χ2n) is 2.27. The second kappa shape index (κ2) is 6.96. The third-order valence-electron chi connectivity index (χ3n) is 1.25. The molecule has 1 N–H and O–H groups in total. The summed E-state index contributed by atoms with van der Waals surface area (Å²) in [4.78, 5) is 9.30. The van der Waals surface area contributed by atoms with Crippen LogP contribution in [0.4, 0.5) is 0 Å². The molecule has 0 fully saturated rings. The third-order valence-corrected chi connectivity index (χ3v) is 5.34. The van der Waals surface area contributed by atoms with E-state index in [2.05, 4.69) is 6.92 Å². The van der Waals surface area contributed by atoms with E-state index in [-0.39, 0.29) is 0 Å². The predicted molar refractivity (Wildman–Crippen MR) is 59.8 cm³/mol. The van der Waals surface area contributed by atoms with Gasteiger partial charge < -0.3 is 9.42 Å². The molecule has 0 saturated heterocycles. The van der Waals surface area contributed by atoms with Gasteiger partial charge in [-0.1, -0.05) is 24.7 Å². The number of allylic oxidation sites excluding steroid dienone is 1. The van der Waals surface area contributed by atoms with Crippen molar-refractivity contribution in [1.29, 1.82) is 0 Å². The van der Waals surface area contributed by atoms with Gasteiger partial charge in [0.25, 0.3) is 5.69 Å². The molecule has 0 bridgehead atoms. The Morgan fingerprint density at radius 1 is 1.67 bits per heavy atom. The first-order valence-corrected chi connectivity index (χ1v) is 8.34. The average Bonchev–Trinajstić information content (AvgIpc) is 2.04. The van der Waals surface area contributed by atoms with E-state index in [4.69, 9.17) is 16.3 Å². The van der Waals surface area contributed by atoms with Crippen LogP contribution in [0.1, 0.15) is 26.2 Å². The van der Waals surface area contributed by atoms with Crippen LogP contribution in [0.2, 0.25) is 0 Å². The summed E-state index contributed by atoms with van der Waals surface area (Å²) in [6.45, 7) is 2.13. The molecule has 72 valence electrons. The van der Waals surface area contributed by atoms with Gasteiger partial charge in [-0.25, -0.2) is 0 Å². The SMILES string of the molecule is CCCCC=COP(O)(=S)SC. The van der Waals surface area contributed by atoms with E-state index in [0.717, 1.165) is 12.8 Å². The van der Waals surface area contributed by atoms with Gasteiger partial charge >= 0.3 is 0 Å². The molecule has 0 spiro atoms. The molecule has 0 saturated carbocycles. The van der Waals surface area contributed by atoms with Crippen molar-refractivity contribution in [3.8, 4) is 0 Å². The predicted octanol–water partition coefficient (Wildman–Crippen LogP) is 3.29. The minimum atomic E-state index is -2.56. The Bertz CT molecular complexity index is 182. The largest absolute Gasteiger partial charge is 0.445 e. The summed E-state index contributed by atoms with van der Waals surface area (Å²) < 4.78 is 4.99. The summed E-state index contributed by atoms with van der Waals surface area (Å²) in [7, 11) is 0. The second-order valence-corrected chi connectivity index (χ2v) is 8.54. The van der Waals surface area contributed by atoms with Crippen molar-refractivity contribution in [3.05, 3.63) is 12.3 Å². The first-order chi connectivity index (χ1) is 5.62. The normalized spacial score (nSPS) is 16.2. The Balaban J connectivity index is 3.53. The van der Waals surface area contributed by atoms with E-state index < -0.39 is 5.69 Å². The Morgan fingerprint density at radius 3 is 2.83 bits per heavy atom. The van der Waals surface area contributed by atoms with Crippen LogP contribution in [0.5, 0.6) is 0 Å². The van der Waals surface area contributed by atoms with E-state index in [1.54, 1.807) is 6.26 Å². The smallest absolute Gasteiger partial charge is 0.294 e. The van der Waals surface area contributed by atoms with Crippen LogP contribution in [0.25, 0.3) is 0 Å². The summed E-state index contributed by atoms with van der Waals surface area (Å²) in [6.07, 6.45) is 8.47. The fraction of sp³-hybridized carbons (Fsp3) is 0.714. The number of unbranched alkanes of at least 4 members (excludes halogenated alkanes) is 2. The van der Waals surface area contributed by atoms with E-state index >= 15 is 0 Å². The van der Waals surface area contributed by atoms with Crippen molar-refractivity contribution < 1.29 is 9.42 Å². The zero-order valence-electron chi connectivity index (χ0n) is 7.40. The van der Waals surface area contributed by atoms with Gasteiger partial charge in [0.1, 0.15) is 0 Å². The zero-order valence-corrected chi connectivity index (χ0v) is 9.92. The Hall–Kier alpha value is 0.500. The Kier molecular flexibility index (Phi) is 7.25. The van der Waals surface area contributed by atoms with Crippen molar-refractivity contribution >= 4 is 28.9 Å². The standard InChI is InChI=1S/C7H15O2PS2/c1-3-4-5-6-7-9-10(8,11)12-2/h6-7H,3-5H2,1-2H3,(H,8,11). The summed E-state index contributed by atoms with van der Waals surface area (Å²) in [5.74, 6) is 0. The number of hydrogen-bond acceptors (Lipinski definition) is 3. The van der Waals surface area contributed by atoms with E-state index in [1.807, 2.05) is 6.08 Å². The quantitative estimate of drug-likeness (QED) is 0.427. The van der Waals surface area contributed by atoms with E-state index in [1.165, 1.54) is 24.1 Å². The van der Waals surface area contributed by atoms with Crippen molar-refractivity contribution in [1.82, 2.24) is 0 Å². The lowest BCUT2D eigenvalue weighted by Gasteiger charge is -2.09. The van der Waals surface area contributed by atoms with Crippen molar-refractivity contribution in [3.63, 3.8) is 0 Å². The van der Waals surface area contributed by atoms with Gasteiger partial charge in [-0.3, -0.25) is 0 Å². The highest BCUT2D eigenvalue weighted by atomic mass is 32.9. The monoisotopic (exact) mass is 226 g/mol. The Morgan fingerprint density at radius 2 is 2.33 bits per heavy atom. The number of hydrogen-bond donors (Lipinski definition) is 1. The lowest BCUT2D eigenvalue weighted by molar-refractivity contribution is 0.453. The molecule has 0 heterocycles. The van der Waals surface area contributed by atoms with Crippen molar-refractivity contribution in [2.24, 2.45) is 0 Å². The van der Waals surface area contributed by atoms with Gasteiger partial charge in [0.05, 0.1) is 6.26 Å². The van der Waals surface area contributed by atoms with E-state index in [9.17, 15) is 4.89 Å². The van der Waals surface area contributed by atoms with E-state index in [0.29, 0.717) is 0 Å². The topological polar surface area (TPSA) is 29.5 Å². The highest BCUT2D eigenvalue weighted by molar-refractivity contribution is 8.67. The molecule has 0 aliphatic carbocycles. The first kappa shape index (κ1) is 12.5. The molecule has 0 rings (SSSR count). The first-order valence-electron chi connectivity index (χ1n) is 3.84. The molecule has 0 aromatic carbocycles. The van der Waals surface area contributed by atoms with Crippen molar-refractivity contribution in [2.75, 3.05) is 6.26 Å². The lowest BCUT2D eigenvalue weighted by Crippen LogP contribution is -1.74. The molecule has 12 heavy (non-hydrogen) atoms. The van der Waals surface area contributed by atoms with Crippen LogP contribution in [0, 0.1) is 0 Å². The molecule has 1 atom stereocenters. The summed E-state index contributed by atoms with van der Waals surface area (Å²) in [5.41, 5.74) is -2.56. The summed E-state index contributed by atoms with van der Waals surface area (Å²) in [6, 6.07) is 0. The van der Waals surface area contributed by atoms with Crippen molar-refractivity contribution in [2.45, 2.75) is 26.2 Å². The Labute approximate surface area is 83.3 Å². The maximum Gasteiger partial charge on any atom is 0.294 e. The van der Waals surface area contributed by atoms with Gasteiger partial charge in [-0.15, -0.1) is 0 Å². The number of rotatable bonds is 6. The van der Waals surface area contributed by atoms with Gasteiger partial charge in [0, 0.05) is 0 Å². The molecule has 0 radical (unpaired) electrons. The van der Waals surface area contributed by atoms with Gasteiger partial charge in [-0.05, 0) is 37.0 Å². The molecule has 0 aromatic heterocycles. The molecular weight excluding hydrogens is 211 g/mol. The van der Waals surface area contributed by atoms with Gasteiger partial charge in [-0.2, -0.15) is 0 Å². The highest BCUT2D eigenvalue weighted by Crippen LogP contribution is 2.54. The lowest BCUT2D eigenvalue weighted by atomic mass is 10.2. The van der Waals surface area contributed by atoms with Crippen LogP contribution < -0.4 is 0 Å². The van der Waals surface area contributed by atoms with Crippen LogP contribution in [-0.2, 0) is 16.3 Å². The van der Waals surface area contributed by atoms with Crippen LogP contribution in [-0.4, -0.2) is 11.1 Å². The fourth-order valence-corrected chi connectivity index (χ4v) is 1.44. The molecular formula is C7H15O2PS2. The van der Waals surface area contributed by atoms with Crippen LogP contribution in [0.3, 0.4) is 0 Å². The summed E-state index contributed by atoms with van der Waals surface area (Å²) >= 11 is 5.98. The van der Waals surface area contributed by atoms with Crippen LogP contribution in [0.15, 0.2) is 12.3 Å². The minimum Gasteiger partial charge on any atom is -0.445 e. The molecule has 2 nitrogen and oxygen atoms in total. The molecule has 1 unspecified atom stereocenters. The fourth-order valence-electron chi connectivity index (χ4n) is 0.553.